The first kappa shape index (κ1) is 15.3. The molecule has 1 atom stereocenters. The Bertz CT molecular complexity index is 431. The zero-order valence-corrected chi connectivity index (χ0v) is 11.8. The Hall–Kier alpha value is -1.75. The molecule has 5 nitrogen and oxygen atoms in total. The van der Waals surface area contributed by atoms with E-state index in [0.717, 1.165) is 5.56 Å². The molecule has 19 heavy (non-hydrogen) atoms. The van der Waals surface area contributed by atoms with E-state index in [9.17, 15) is 4.79 Å². The second-order valence-electron chi connectivity index (χ2n) is 4.59. The lowest BCUT2D eigenvalue weighted by Crippen LogP contribution is -2.40. The highest BCUT2D eigenvalue weighted by Gasteiger charge is 2.21. The summed E-state index contributed by atoms with van der Waals surface area (Å²) in [5.74, 6) is 0.426. The number of para-hydroxylation sites is 1. The van der Waals surface area contributed by atoms with Crippen molar-refractivity contribution in [2.45, 2.75) is 26.4 Å². The maximum absolute atomic E-state index is 11.1. The fourth-order valence-corrected chi connectivity index (χ4v) is 1.92. The molecule has 106 valence electrons. The SMILES string of the molecule is COc1cccc(CNC(C(=O)O)C(C)C)c1OC. The smallest absolute Gasteiger partial charge is 0.320 e. The number of hydrogen-bond acceptors (Lipinski definition) is 4. The molecule has 0 heterocycles. The number of ether oxygens (including phenoxy) is 2. The van der Waals surface area contributed by atoms with E-state index in [0.29, 0.717) is 18.0 Å². The normalized spacial score (nSPS) is 12.3. The first-order valence-corrected chi connectivity index (χ1v) is 6.17. The van der Waals surface area contributed by atoms with Crippen molar-refractivity contribution in [2.75, 3.05) is 14.2 Å². The highest BCUT2D eigenvalue weighted by molar-refractivity contribution is 5.73. The Morgan fingerprint density at radius 2 is 2.00 bits per heavy atom. The van der Waals surface area contributed by atoms with Crippen molar-refractivity contribution >= 4 is 5.97 Å². The van der Waals surface area contributed by atoms with Crippen molar-refractivity contribution in [3.8, 4) is 11.5 Å². The summed E-state index contributed by atoms with van der Waals surface area (Å²) in [6, 6.07) is 4.95. The summed E-state index contributed by atoms with van der Waals surface area (Å²) in [6.45, 7) is 4.15. The predicted molar refractivity (Wildman–Crippen MR) is 72.6 cm³/mol. The molecule has 0 fully saturated rings. The number of carboxylic acids is 1. The summed E-state index contributed by atoms with van der Waals surface area (Å²) in [5.41, 5.74) is 0.869. The predicted octanol–water partition coefficient (Wildman–Crippen LogP) is 1.90. The maximum atomic E-state index is 11.1. The minimum absolute atomic E-state index is 0.00843. The van der Waals surface area contributed by atoms with Crippen LogP contribution in [0.4, 0.5) is 0 Å². The van der Waals surface area contributed by atoms with Crippen molar-refractivity contribution in [1.82, 2.24) is 5.32 Å². The van der Waals surface area contributed by atoms with Gasteiger partial charge in [-0.1, -0.05) is 26.0 Å². The topological polar surface area (TPSA) is 67.8 Å². The zero-order valence-electron chi connectivity index (χ0n) is 11.8. The van der Waals surface area contributed by atoms with Gasteiger partial charge in [-0.25, -0.2) is 0 Å². The largest absolute Gasteiger partial charge is 0.493 e. The number of nitrogens with one attached hydrogen (secondary N) is 1. The van der Waals surface area contributed by atoms with Crippen LogP contribution in [0.25, 0.3) is 0 Å². The number of rotatable bonds is 7. The number of hydrogen-bond donors (Lipinski definition) is 2. The Morgan fingerprint density at radius 1 is 1.32 bits per heavy atom. The van der Waals surface area contributed by atoms with Crippen molar-refractivity contribution in [3.63, 3.8) is 0 Å². The lowest BCUT2D eigenvalue weighted by Gasteiger charge is -2.19. The Kier molecular flexibility index (Phi) is 5.63. The first-order valence-electron chi connectivity index (χ1n) is 6.17. The van der Waals surface area contributed by atoms with E-state index < -0.39 is 12.0 Å². The van der Waals surface area contributed by atoms with E-state index in [1.54, 1.807) is 20.3 Å². The van der Waals surface area contributed by atoms with Gasteiger partial charge in [-0.2, -0.15) is 0 Å². The standard InChI is InChI=1S/C14H21NO4/c1-9(2)12(14(16)17)15-8-10-6-5-7-11(18-3)13(10)19-4/h5-7,9,12,15H,8H2,1-4H3,(H,16,17). The minimum atomic E-state index is -0.850. The van der Waals surface area contributed by atoms with Crippen LogP contribution in [0.5, 0.6) is 11.5 Å². The molecular formula is C14H21NO4. The zero-order chi connectivity index (χ0) is 14.4. The molecule has 0 amide bonds. The van der Waals surface area contributed by atoms with Crippen LogP contribution in [-0.2, 0) is 11.3 Å². The summed E-state index contributed by atoms with van der Waals surface area (Å²) in [6.07, 6.45) is 0. The van der Waals surface area contributed by atoms with Gasteiger partial charge in [-0.3, -0.25) is 10.1 Å². The number of carboxylic acid groups (broad SMARTS) is 1. The monoisotopic (exact) mass is 267 g/mol. The van der Waals surface area contributed by atoms with Crippen LogP contribution < -0.4 is 14.8 Å². The molecule has 1 aromatic carbocycles. The Morgan fingerprint density at radius 3 is 2.47 bits per heavy atom. The summed E-state index contributed by atoms with van der Waals surface area (Å²) < 4.78 is 10.5. The summed E-state index contributed by atoms with van der Waals surface area (Å²) in [7, 11) is 3.14. The van der Waals surface area contributed by atoms with Crippen LogP contribution in [0.15, 0.2) is 18.2 Å². The van der Waals surface area contributed by atoms with Crippen molar-refractivity contribution in [2.24, 2.45) is 5.92 Å². The van der Waals surface area contributed by atoms with Crippen LogP contribution in [0.3, 0.4) is 0 Å². The van der Waals surface area contributed by atoms with Gasteiger partial charge in [0.05, 0.1) is 14.2 Å². The maximum Gasteiger partial charge on any atom is 0.320 e. The number of aliphatic carboxylic acids is 1. The second-order valence-corrected chi connectivity index (χ2v) is 4.59. The molecule has 0 aliphatic carbocycles. The highest BCUT2D eigenvalue weighted by Crippen LogP contribution is 2.30. The van der Waals surface area contributed by atoms with Crippen molar-refractivity contribution < 1.29 is 19.4 Å². The first-order chi connectivity index (χ1) is 9.01. The second kappa shape index (κ2) is 6.99. The fraction of sp³-hybridized carbons (Fsp3) is 0.500. The molecule has 0 saturated heterocycles. The van der Waals surface area contributed by atoms with Gasteiger partial charge in [0, 0.05) is 12.1 Å². The molecule has 0 saturated carbocycles. The molecule has 0 radical (unpaired) electrons. The van der Waals surface area contributed by atoms with Crippen LogP contribution in [0.1, 0.15) is 19.4 Å². The third-order valence-electron chi connectivity index (χ3n) is 2.93. The van der Waals surface area contributed by atoms with E-state index in [1.165, 1.54) is 0 Å². The van der Waals surface area contributed by atoms with E-state index in [1.807, 2.05) is 26.0 Å². The van der Waals surface area contributed by atoms with Crippen molar-refractivity contribution in [3.05, 3.63) is 23.8 Å². The molecule has 0 aromatic heterocycles. The Labute approximate surface area is 113 Å². The van der Waals surface area contributed by atoms with Crippen LogP contribution >= 0.6 is 0 Å². The lowest BCUT2D eigenvalue weighted by atomic mass is 10.0. The van der Waals surface area contributed by atoms with E-state index in [-0.39, 0.29) is 5.92 Å². The molecule has 2 N–H and O–H groups in total. The van der Waals surface area contributed by atoms with E-state index in [4.69, 9.17) is 14.6 Å². The Balaban J connectivity index is 2.85. The number of benzene rings is 1. The highest BCUT2D eigenvalue weighted by atomic mass is 16.5. The average molecular weight is 267 g/mol. The van der Waals surface area contributed by atoms with Crippen LogP contribution in [-0.4, -0.2) is 31.3 Å². The molecule has 5 heteroatoms. The van der Waals surface area contributed by atoms with Crippen LogP contribution in [0, 0.1) is 5.92 Å². The number of methoxy groups -OCH3 is 2. The molecular weight excluding hydrogens is 246 g/mol. The summed E-state index contributed by atoms with van der Waals surface area (Å²) in [5, 5.41) is 12.2. The summed E-state index contributed by atoms with van der Waals surface area (Å²) in [4.78, 5) is 11.1. The van der Waals surface area contributed by atoms with Gasteiger partial charge in [-0.15, -0.1) is 0 Å². The summed E-state index contributed by atoms with van der Waals surface area (Å²) >= 11 is 0. The number of carbonyl (C=O) groups is 1. The molecule has 1 aromatic rings. The van der Waals surface area contributed by atoms with Crippen molar-refractivity contribution in [1.29, 1.82) is 0 Å². The van der Waals surface area contributed by atoms with Gasteiger partial charge in [0.2, 0.25) is 0 Å². The lowest BCUT2D eigenvalue weighted by molar-refractivity contribution is -0.140. The molecule has 0 aliphatic rings. The molecule has 1 rings (SSSR count). The van der Waals surface area contributed by atoms with Gasteiger partial charge in [0.15, 0.2) is 11.5 Å². The molecule has 0 spiro atoms. The molecule has 1 unspecified atom stereocenters. The van der Waals surface area contributed by atoms with Gasteiger partial charge in [-0.05, 0) is 12.0 Å². The van der Waals surface area contributed by atoms with Gasteiger partial charge < -0.3 is 14.6 Å². The third kappa shape index (κ3) is 3.86. The van der Waals surface area contributed by atoms with Crippen LogP contribution in [0.2, 0.25) is 0 Å². The van der Waals surface area contributed by atoms with Gasteiger partial charge in [0.25, 0.3) is 0 Å². The van der Waals surface area contributed by atoms with E-state index in [2.05, 4.69) is 5.32 Å². The average Bonchev–Trinajstić information content (AvgIpc) is 2.37. The molecule has 0 bridgehead atoms. The quantitative estimate of drug-likeness (QED) is 0.789. The van der Waals surface area contributed by atoms with E-state index >= 15 is 0 Å². The molecule has 0 aliphatic heterocycles. The fourth-order valence-electron chi connectivity index (χ4n) is 1.92. The van der Waals surface area contributed by atoms with Gasteiger partial charge in [0.1, 0.15) is 6.04 Å². The minimum Gasteiger partial charge on any atom is -0.493 e. The third-order valence-corrected chi connectivity index (χ3v) is 2.93. The van der Waals surface area contributed by atoms with Gasteiger partial charge >= 0.3 is 5.97 Å².